The molecule has 0 bridgehead atoms. The molecule has 0 radical (unpaired) electrons. The van der Waals surface area contributed by atoms with E-state index in [1.54, 1.807) is 0 Å². The lowest BCUT2D eigenvalue weighted by Gasteiger charge is -2.28. The Kier molecular flexibility index (Phi) is 5.16. The number of allylic oxidation sites excluding steroid dienone is 1. The molecule has 1 aliphatic rings. The van der Waals surface area contributed by atoms with Crippen LogP contribution in [0.4, 0.5) is 0 Å². The van der Waals surface area contributed by atoms with Gasteiger partial charge in [0, 0.05) is 38.1 Å². The molecule has 4 nitrogen and oxygen atoms in total. The van der Waals surface area contributed by atoms with Crippen molar-refractivity contribution >= 4 is 0 Å². The highest BCUT2D eigenvalue weighted by molar-refractivity contribution is 5.06. The van der Waals surface area contributed by atoms with Gasteiger partial charge in [-0.2, -0.15) is 0 Å². The summed E-state index contributed by atoms with van der Waals surface area (Å²) >= 11 is 0. The summed E-state index contributed by atoms with van der Waals surface area (Å²) in [5.41, 5.74) is 2.20. The lowest BCUT2D eigenvalue weighted by atomic mass is 10.1. The second kappa shape index (κ2) is 7.71. The molecule has 3 heterocycles. The van der Waals surface area contributed by atoms with Crippen molar-refractivity contribution in [2.24, 2.45) is 0 Å². The van der Waals surface area contributed by atoms with E-state index in [4.69, 9.17) is 0 Å². The first kappa shape index (κ1) is 14.7. The Hall–Kier alpha value is -2.20. The molecule has 1 unspecified atom stereocenters. The highest BCUT2D eigenvalue weighted by Gasteiger charge is 2.16. The summed E-state index contributed by atoms with van der Waals surface area (Å²) in [6, 6.07) is 12.7. The number of hydrogen-bond acceptors (Lipinski definition) is 4. The number of rotatable bonds is 6. The molecule has 0 saturated carbocycles. The summed E-state index contributed by atoms with van der Waals surface area (Å²) in [6.45, 7) is 2.69. The SMILES string of the molecule is C1=CNC(CN(Cc2ccccn2)Cc2ccccn2)CC1. The van der Waals surface area contributed by atoms with Crippen molar-refractivity contribution < 1.29 is 0 Å². The molecule has 22 heavy (non-hydrogen) atoms. The van der Waals surface area contributed by atoms with Crippen LogP contribution in [0, 0.1) is 0 Å². The van der Waals surface area contributed by atoms with Crippen molar-refractivity contribution in [2.45, 2.75) is 32.0 Å². The van der Waals surface area contributed by atoms with Crippen LogP contribution in [0.2, 0.25) is 0 Å². The van der Waals surface area contributed by atoms with Crippen molar-refractivity contribution in [2.75, 3.05) is 6.54 Å². The molecule has 1 atom stereocenters. The molecule has 3 rings (SSSR count). The minimum Gasteiger partial charge on any atom is -0.387 e. The van der Waals surface area contributed by atoms with Crippen LogP contribution in [-0.2, 0) is 13.1 Å². The van der Waals surface area contributed by atoms with Gasteiger partial charge >= 0.3 is 0 Å². The molecule has 0 spiro atoms. The summed E-state index contributed by atoms with van der Waals surface area (Å²) < 4.78 is 0. The number of pyridine rings is 2. The third-order valence-corrected chi connectivity index (χ3v) is 3.83. The summed E-state index contributed by atoms with van der Waals surface area (Å²) in [5, 5.41) is 3.46. The zero-order valence-electron chi connectivity index (χ0n) is 12.7. The second-order valence-electron chi connectivity index (χ2n) is 5.66. The summed E-state index contributed by atoms with van der Waals surface area (Å²) in [7, 11) is 0. The maximum absolute atomic E-state index is 4.46. The molecule has 114 valence electrons. The fourth-order valence-electron chi connectivity index (χ4n) is 2.75. The molecular formula is C18H22N4. The van der Waals surface area contributed by atoms with Crippen LogP contribution in [0.1, 0.15) is 24.2 Å². The smallest absolute Gasteiger partial charge is 0.0544 e. The van der Waals surface area contributed by atoms with Crippen LogP contribution >= 0.6 is 0 Å². The molecule has 1 aliphatic heterocycles. The third-order valence-electron chi connectivity index (χ3n) is 3.83. The quantitative estimate of drug-likeness (QED) is 0.889. The number of nitrogens with one attached hydrogen (secondary N) is 1. The Morgan fingerprint density at radius 2 is 1.68 bits per heavy atom. The topological polar surface area (TPSA) is 41.0 Å². The van der Waals surface area contributed by atoms with Gasteiger partial charge in [0.05, 0.1) is 11.4 Å². The van der Waals surface area contributed by atoms with Crippen LogP contribution in [0.5, 0.6) is 0 Å². The Balaban J connectivity index is 1.68. The van der Waals surface area contributed by atoms with E-state index < -0.39 is 0 Å². The zero-order chi connectivity index (χ0) is 15.0. The van der Waals surface area contributed by atoms with Crippen molar-refractivity contribution in [3.05, 3.63) is 72.5 Å². The Labute approximate surface area is 131 Å². The molecule has 0 fully saturated rings. The Morgan fingerprint density at radius 3 is 2.18 bits per heavy atom. The van der Waals surface area contributed by atoms with Gasteiger partial charge in [0.25, 0.3) is 0 Å². The zero-order valence-corrected chi connectivity index (χ0v) is 12.7. The van der Waals surface area contributed by atoms with E-state index in [1.165, 1.54) is 6.42 Å². The molecule has 0 aromatic carbocycles. The molecule has 1 N–H and O–H groups in total. The lowest BCUT2D eigenvalue weighted by Crippen LogP contribution is -2.39. The van der Waals surface area contributed by atoms with Gasteiger partial charge in [-0.25, -0.2) is 0 Å². The van der Waals surface area contributed by atoms with Crippen LogP contribution in [-0.4, -0.2) is 27.5 Å². The van der Waals surface area contributed by atoms with Crippen LogP contribution in [0.25, 0.3) is 0 Å². The highest BCUT2D eigenvalue weighted by atomic mass is 15.2. The van der Waals surface area contributed by atoms with E-state index >= 15 is 0 Å². The first-order valence-electron chi connectivity index (χ1n) is 7.83. The predicted molar refractivity (Wildman–Crippen MR) is 87.9 cm³/mol. The van der Waals surface area contributed by atoms with Gasteiger partial charge in [-0.15, -0.1) is 0 Å². The van der Waals surface area contributed by atoms with Gasteiger partial charge in [-0.05, 0) is 43.3 Å². The average molecular weight is 294 g/mol. The highest BCUT2D eigenvalue weighted by Crippen LogP contribution is 2.11. The fourth-order valence-corrected chi connectivity index (χ4v) is 2.75. The van der Waals surface area contributed by atoms with Crippen molar-refractivity contribution in [3.8, 4) is 0 Å². The number of aromatic nitrogens is 2. The normalized spacial score (nSPS) is 17.4. The van der Waals surface area contributed by atoms with E-state index in [1.807, 2.05) is 36.7 Å². The molecule has 2 aromatic rings. The molecule has 2 aromatic heterocycles. The minimum absolute atomic E-state index is 0.498. The maximum Gasteiger partial charge on any atom is 0.0544 e. The molecule has 0 amide bonds. The Morgan fingerprint density at radius 1 is 1.00 bits per heavy atom. The monoisotopic (exact) mass is 294 g/mol. The first-order valence-corrected chi connectivity index (χ1v) is 7.83. The van der Waals surface area contributed by atoms with Gasteiger partial charge in [-0.1, -0.05) is 18.2 Å². The lowest BCUT2D eigenvalue weighted by molar-refractivity contribution is 0.220. The van der Waals surface area contributed by atoms with Gasteiger partial charge in [0.2, 0.25) is 0 Å². The molecule has 0 aliphatic carbocycles. The standard InChI is InChI=1S/C18H22N4/c1-4-10-19-16(7-1)13-22(14-17-8-2-5-11-20-17)15-18-9-3-6-12-21-18/h1-2,4-8,10-12,18,21H,3,9,13-15H2. The fraction of sp³-hybridized carbons (Fsp3) is 0.333. The number of hydrogen-bond donors (Lipinski definition) is 1. The first-order chi connectivity index (χ1) is 10.9. The molecule has 4 heteroatoms. The van der Waals surface area contributed by atoms with Crippen LogP contribution < -0.4 is 5.32 Å². The van der Waals surface area contributed by atoms with Crippen LogP contribution in [0.15, 0.2) is 61.1 Å². The summed E-state index contributed by atoms with van der Waals surface area (Å²) in [6.07, 6.45) is 10.3. The van der Waals surface area contributed by atoms with Crippen molar-refractivity contribution in [1.82, 2.24) is 20.2 Å². The minimum atomic E-state index is 0.498. The van der Waals surface area contributed by atoms with Crippen LogP contribution in [0.3, 0.4) is 0 Å². The van der Waals surface area contributed by atoms with Crippen molar-refractivity contribution in [3.63, 3.8) is 0 Å². The van der Waals surface area contributed by atoms with Gasteiger partial charge in [0.1, 0.15) is 0 Å². The maximum atomic E-state index is 4.46. The Bertz CT molecular complexity index is 541. The van der Waals surface area contributed by atoms with Gasteiger partial charge in [-0.3, -0.25) is 14.9 Å². The second-order valence-corrected chi connectivity index (χ2v) is 5.66. The van der Waals surface area contributed by atoms with Crippen molar-refractivity contribution in [1.29, 1.82) is 0 Å². The van der Waals surface area contributed by atoms with Gasteiger partial charge < -0.3 is 5.32 Å². The van der Waals surface area contributed by atoms with E-state index in [0.717, 1.165) is 37.4 Å². The average Bonchev–Trinajstić information content (AvgIpc) is 2.57. The predicted octanol–water partition coefficient (Wildman–Crippen LogP) is 2.74. The summed E-state index contributed by atoms with van der Waals surface area (Å²) in [4.78, 5) is 11.3. The van der Waals surface area contributed by atoms with E-state index in [-0.39, 0.29) is 0 Å². The van der Waals surface area contributed by atoms with E-state index in [0.29, 0.717) is 6.04 Å². The third kappa shape index (κ3) is 4.40. The van der Waals surface area contributed by atoms with E-state index in [9.17, 15) is 0 Å². The summed E-state index contributed by atoms with van der Waals surface area (Å²) in [5.74, 6) is 0. The van der Waals surface area contributed by atoms with E-state index in [2.05, 4.69) is 44.6 Å². The molecular weight excluding hydrogens is 272 g/mol. The number of nitrogens with zero attached hydrogens (tertiary/aromatic N) is 3. The molecule has 0 saturated heterocycles. The largest absolute Gasteiger partial charge is 0.387 e. The van der Waals surface area contributed by atoms with Gasteiger partial charge in [0.15, 0.2) is 0 Å².